The van der Waals surface area contributed by atoms with Crippen LogP contribution in [0.5, 0.6) is 0 Å². The van der Waals surface area contributed by atoms with Crippen LogP contribution in [0.15, 0.2) is 217 Å². The van der Waals surface area contributed by atoms with Crippen molar-refractivity contribution in [1.29, 1.82) is 0 Å². The van der Waals surface area contributed by atoms with Gasteiger partial charge in [-0.1, -0.05) is 178 Å². The van der Waals surface area contributed by atoms with Crippen molar-refractivity contribution in [3.05, 3.63) is 246 Å². The zero-order valence-electron chi connectivity index (χ0n) is 33.6. The largest absolute Gasteiger partial charge is 0.456 e. The molecule has 0 bridgehead atoms. The Morgan fingerprint density at radius 2 is 0.967 bits per heavy atom. The average molecular weight is 768 g/mol. The van der Waals surface area contributed by atoms with E-state index in [9.17, 15) is 0 Å². The lowest BCUT2D eigenvalue weighted by Gasteiger charge is -2.35. The van der Waals surface area contributed by atoms with E-state index in [1.165, 1.54) is 61.3 Å². The SMILES string of the molecule is CC1(C)c2ccccc2-c2c(N(c3ccc(-c4ccc5oc6ccccc6c5c4)cc3)c3ccc4c(c3)C(c3ccccc3)(c3ccccc3)c3ccccc3-4)cccc21. The highest BCUT2D eigenvalue weighted by atomic mass is 16.3. The van der Waals surface area contributed by atoms with Crippen LogP contribution >= 0.6 is 0 Å². The molecular formula is C58H41NO. The van der Waals surface area contributed by atoms with Gasteiger partial charge < -0.3 is 9.32 Å². The predicted octanol–water partition coefficient (Wildman–Crippen LogP) is 15.4. The number of fused-ring (bicyclic) bond motifs is 9. The normalized spacial score (nSPS) is 14.1. The first kappa shape index (κ1) is 34.6. The molecule has 60 heavy (non-hydrogen) atoms. The molecule has 0 radical (unpaired) electrons. The Morgan fingerprint density at radius 1 is 0.383 bits per heavy atom. The first-order valence-corrected chi connectivity index (χ1v) is 20.9. The smallest absolute Gasteiger partial charge is 0.135 e. The van der Waals surface area contributed by atoms with E-state index in [0.717, 1.165) is 44.4 Å². The molecule has 12 rings (SSSR count). The molecule has 0 unspecified atom stereocenters. The maximum Gasteiger partial charge on any atom is 0.135 e. The highest BCUT2D eigenvalue weighted by Crippen LogP contribution is 2.59. The van der Waals surface area contributed by atoms with Crippen molar-refractivity contribution < 1.29 is 4.42 Å². The number of furan rings is 1. The molecule has 9 aromatic carbocycles. The van der Waals surface area contributed by atoms with Crippen LogP contribution in [-0.2, 0) is 10.8 Å². The zero-order valence-corrected chi connectivity index (χ0v) is 33.6. The summed E-state index contributed by atoms with van der Waals surface area (Å²) in [6, 6.07) is 78.1. The van der Waals surface area contributed by atoms with E-state index in [-0.39, 0.29) is 5.41 Å². The Morgan fingerprint density at radius 3 is 1.73 bits per heavy atom. The fourth-order valence-corrected chi connectivity index (χ4v) is 10.6. The highest BCUT2D eigenvalue weighted by Gasteiger charge is 2.46. The molecule has 0 N–H and O–H groups in total. The van der Waals surface area contributed by atoms with Crippen molar-refractivity contribution in [2.45, 2.75) is 24.7 Å². The van der Waals surface area contributed by atoms with E-state index < -0.39 is 5.41 Å². The molecule has 1 aromatic heterocycles. The van der Waals surface area contributed by atoms with Crippen molar-refractivity contribution >= 4 is 39.0 Å². The third-order valence-electron chi connectivity index (χ3n) is 13.4. The molecule has 2 nitrogen and oxygen atoms in total. The molecule has 0 saturated heterocycles. The molecule has 0 atom stereocenters. The Hall–Kier alpha value is -7.42. The van der Waals surface area contributed by atoms with Crippen LogP contribution in [0.25, 0.3) is 55.3 Å². The fraction of sp³-hybridized carbons (Fsp3) is 0.0690. The second-order valence-electron chi connectivity index (χ2n) is 16.8. The Balaban J connectivity index is 1.09. The van der Waals surface area contributed by atoms with Crippen molar-refractivity contribution in [2.75, 3.05) is 4.90 Å². The molecule has 0 fully saturated rings. The Labute approximate surface area is 350 Å². The summed E-state index contributed by atoms with van der Waals surface area (Å²) in [5.41, 5.74) is 19.8. The number of para-hydroxylation sites is 1. The van der Waals surface area contributed by atoms with Crippen molar-refractivity contribution in [3.63, 3.8) is 0 Å². The van der Waals surface area contributed by atoms with Crippen LogP contribution in [0.2, 0.25) is 0 Å². The third-order valence-corrected chi connectivity index (χ3v) is 13.4. The van der Waals surface area contributed by atoms with Gasteiger partial charge in [0.15, 0.2) is 0 Å². The lowest BCUT2D eigenvalue weighted by atomic mass is 9.67. The van der Waals surface area contributed by atoms with Crippen LogP contribution in [0.4, 0.5) is 17.1 Å². The Kier molecular flexibility index (Phi) is 7.52. The van der Waals surface area contributed by atoms with E-state index in [0.29, 0.717) is 0 Å². The van der Waals surface area contributed by atoms with E-state index in [4.69, 9.17) is 4.42 Å². The van der Waals surface area contributed by atoms with Gasteiger partial charge in [0.25, 0.3) is 0 Å². The number of anilines is 3. The quantitative estimate of drug-likeness (QED) is 0.168. The molecular weight excluding hydrogens is 727 g/mol. The summed E-state index contributed by atoms with van der Waals surface area (Å²) in [4.78, 5) is 2.50. The first-order chi connectivity index (χ1) is 29.5. The van der Waals surface area contributed by atoms with Gasteiger partial charge in [-0.25, -0.2) is 0 Å². The van der Waals surface area contributed by atoms with Gasteiger partial charge in [0.05, 0.1) is 11.1 Å². The number of hydrogen-bond donors (Lipinski definition) is 0. The van der Waals surface area contributed by atoms with Gasteiger partial charge >= 0.3 is 0 Å². The minimum atomic E-state index is -0.511. The lowest BCUT2D eigenvalue weighted by molar-refractivity contribution is 0.660. The molecule has 2 aliphatic rings. The fourth-order valence-electron chi connectivity index (χ4n) is 10.6. The third kappa shape index (κ3) is 4.88. The molecule has 0 aliphatic heterocycles. The number of nitrogens with zero attached hydrogens (tertiary/aromatic N) is 1. The van der Waals surface area contributed by atoms with Crippen molar-refractivity contribution in [2.24, 2.45) is 0 Å². The van der Waals surface area contributed by atoms with Crippen LogP contribution in [0, 0.1) is 0 Å². The second kappa shape index (κ2) is 13.0. The first-order valence-electron chi connectivity index (χ1n) is 20.9. The van der Waals surface area contributed by atoms with E-state index in [1.54, 1.807) is 0 Å². The standard InChI is InChI=1S/C58H41NO/c1-57(2)49-23-12-10-22-47(49)56-51(57)25-15-26-53(56)59(42-31-28-38(29-32-42)39-30-35-55-48(36-39)46-21-11-14-27-54(46)60-55)43-33-34-45-44-20-9-13-24-50(44)58(52(45)37-43,40-16-5-3-6-17-40)41-18-7-4-8-19-41/h3-37H,1-2H3. The summed E-state index contributed by atoms with van der Waals surface area (Å²) in [5, 5.41) is 2.27. The van der Waals surface area contributed by atoms with Crippen LogP contribution in [0.1, 0.15) is 47.2 Å². The summed E-state index contributed by atoms with van der Waals surface area (Å²) in [7, 11) is 0. The van der Waals surface area contributed by atoms with Crippen LogP contribution in [0.3, 0.4) is 0 Å². The van der Waals surface area contributed by atoms with Crippen LogP contribution in [-0.4, -0.2) is 0 Å². The monoisotopic (exact) mass is 767 g/mol. The highest BCUT2D eigenvalue weighted by molar-refractivity contribution is 6.06. The zero-order chi connectivity index (χ0) is 40.0. The summed E-state index contributed by atoms with van der Waals surface area (Å²) >= 11 is 0. The van der Waals surface area contributed by atoms with E-state index in [1.807, 2.05) is 12.1 Å². The minimum absolute atomic E-state index is 0.136. The molecule has 2 heteroatoms. The Bertz CT molecular complexity index is 3240. The van der Waals surface area contributed by atoms with Gasteiger partial charge in [-0.3, -0.25) is 0 Å². The van der Waals surface area contributed by atoms with Gasteiger partial charge in [-0.2, -0.15) is 0 Å². The number of benzene rings is 9. The average Bonchev–Trinajstić information content (AvgIpc) is 3.91. The second-order valence-corrected chi connectivity index (χ2v) is 16.8. The molecule has 2 aliphatic carbocycles. The van der Waals surface area contributed by atoms with Gasteiger partial charge in [-0.15, -0.1) is 0 Å². The topological polar surface area (TPSA) is 16.4 Å². The summed E-state index contributed by atoms with van der Waals surface area (Å²) in [6.45, 7) is 4.72. The maximum absolute atomic E-state index is 6.18. The van der Waals surface area contributed by atoms with Gasteiger partial charge in [-0.05, 0) is 110 Å². The molecule has 0 saturated carbocycles. The maximum atomic E-state index is 6.18. The van der Waals surface area contributed by atoms with Gasteiger partial charge in [0.1, 0.15) is 11.2 Å². The molecule has 0 amide bonds. The number of hydrogen-bond acceptors (Lipinski definition) is 2. The van der Waals surface area contributed by atoms with Crippen molar-refractivity contribution in [1.82, 2.24) is 0 Å². The summed E-state index contributed by atoms with van der Waals surface area (Å²) < 4.78 is 6.18. The molecule has 10 aromatic rings. The lowest BCUT2D eigenvalue weighted by Crippen LogP contribution is -2.28. The molecule has 0 spiro atoms. The molecule has 1 heterocycles. The van der Waals surface area contributed by atoms with Crippen molar-refractivity contribution in [3.8, 4) is 33.4 Å². The summed E-state index contributed by atoms with van der Waals surface area (Å²) in [6.07, 6.45) is 0. The molecule has 284 valence electrons. The van der Waals surface area contributed by atoms with Crippen LogP contribution < -0.4 is 4.90 Å². The van der Waals surface area contributed by atoms with E-state index >= 15 is 0 Å². The predicted molar refractivity (Wildman–Crippen MR) is 249 cm³/mol. The summed E-state index contributed by atoms with van der Waals surface area (Å²) in [5.74, 6) is 0. The number of rotatable bonds is 6. The van der Waals surface area contributed by atoms with Gasteiger partial charge in [0.2, 0.25) is 0 Å². The minimum Gasteiger partial charge on any atom is -0.456 e. The van der Waals surface area contributed by atoms with Gasteiger partial charge in [0, 0.05) is 33.1 Å². The van der Waals surface area contributed by atoms with E-state index in [2.05, 4.69) is 219 Å².